The number of nitro groups is 1. The highest BCUT2D eigenvalue weighted by atomic mass is 19.4. The van der Waals surface area contributed by atoms with E-state index in [0.29, 0.717) is 6.92 Å². The first-order chi connectivity index (χ1) is 5.65. The molecule has 76 valence electrons. The highest BCUT2D eigenvalue weighted by Gasteiger charge is 2.78. The van der Waals surface area contributed by atoms with Crippen molar-refractivity contribution in [3.63, 3.8) is 0 Å². The Morgan fingerprint density at radius 3 is 1.92 bits per heavy atom. The Morgan fingerprint density at radius 1 is 1.46 bits per heavy atom. The Kier molecular flexibility index (Phi) is 1.84. The van der Waals surface area contributed by atoms with Crippen molar-refractivity contribution < 1.29 is 23.2 Å². The predicted molar refractivity (Wildman–Crippen MR) is 35.3 cm³/mol. The summed E-state index contributed by atoms with van der Waals surface area (Å²) in [4.78, 5) is 8.93. The van der Waals surface area contributed by atoms with E-state index in [4.69, 9.17) is 5.11 Å². The summed E-state index contributed by atoms with van der Waals surface area (Å²) in [6, 6.07) is 0. The van der Waals surface area contributed by atoms with Crippen LogP contribution in [0.1, 0.15) is 19.8 Å². The third kappa shape index (κ3) is 1.18. The van der Waals surface area contributed by atoms with Gasteiger partial charge < -0.3 is 5.11 Å². The second kappa shape index (κ2) is 2.34. The first kappa shape index (κ1) is 10.2. The molecule has 0 aromatic rings. The molecule has 1 saturated carbocycles. The first-order valence-corrected chi connectivity index (χ1v) is 3.59. The Hall–Kier alpha value is -0.850. The van der Waals surface area contributed by atoms with Gasteiger partial charge in [-0.25, -0.2) is 0 Å². The van der Waals surface area contributed by atoms with Gasteiger partial charge in [-0.05, 0) is 12.8 Å². The normalized spacial score (nSPS) is 25.0. The molecule has 1 aliphatic rings. The maximum absolute atomic E-state index is 12.3. The number of rotatable bonds is 2. The number of hydrogen-bond donors (Lipinski definition) is 1. The summed E-state index contributed by atoms with van der Waals surface area (Å²) in [6.07, 6.45) is -5.49. The van der Waals surface area contributed by atoms with Gasteiger partial charge in [-0.2, -0.15) is 13.2 Å². The van der Waals surface area contributed by atoms with Crippen LogP contribution in [0, 0.1) is 15.5 Å². The summed E-state index contributed by atoms with van der Waals surface area (Å²) >= 11 is 0. The van der Waals surface area contributed by atoms with Crippen molar-refractivity contribution in [2.45, 2.75) is 31.7 Å². The highest BCUT2D eigenvalue weighted by Crippen LogP contribution is 2.63. The molecular formula is C6H8F3NO3. The zero-order valence-corrected chi connectivity index (χ0v) is 6.76. The standard InChI is InChI=1S/C6H8F3NO3/c1-4(11,10(12)13)5(2-3-5)6(7,8)9/h11H,2-3H2,1H3. The van der Waals surface area contributed by atoms with Crippen molar-refractivity contribution in [1.82, 2.24) is 0 Å². The summed E-state index contributed by atoms with van der Waals surface area (Å²) < 4.78 is 36.9. The molecule has 0 heterocycles. The van der Waals surface area contributed by atoms with Gasteiger partial charge in [-0.1, -0.05) is 0 Å². The van der Waals surface area contributed by atoms with Crippen LogP contribution in [0.5, 0.6) is 0 Å². The zero-order chi connectivity index (χ0) is 10.5. The van der Waals surface area contributed by atoms with Crippen LogP contribution in [0.15, 0.2) is 0 Å². The number of halogens is 3. The fourth-order valence-electron chi connectivity index (χ4n) is 1.33. The van der Waals surface area contributed by atoms with Crippen molar-refractivity contribution in [2.75, 3.05) is 0 Å². The number of hydrogen-bond acceptors (Lipinski definition) is 3. The minimum Gasteiger partial charge on any atom is -0.330 e. The monoisotopic (exact) mass is 199 g/mol. The molecule has 0 aromatic carbocycles. The lowest BCUT2D eigenvalue weighted by molar-refractivity contribution is -0.645. The lowest BCUT2D eigenvalue weighted by Crippen LogP contribution is -2.51. The van der Waals surface area contributed by atoms with E-state index in [2.05, 4.69) is 0 Å². The Labute approximate surface area is 71.5 Å². The van der Waals surface area contributed by atoms with Gasteiger partial charge in [0.2, 0.25) is 0 Å². The molecule has 0 bridgehead atoms. The molecule has 7 heteroatoms. The van der Waals surface area contributed by atoms with E-state index in [-0.39, 0.29) is 12.8 Å². The van der Waals surface area contributed by atoms with Crippen LogP contribution in [0.2, 0.25) is 0 Å². The topological polar surface area (TPSA) is 63.4 Å². The van der Waals surface area contributed by atoms with Gasteiger partial charge in [0, 0.05) is 6.92 Å². The van der Waals surface area contributed by atoms with Crippen LogP contribution in [-0.2, 0) is 0 Å². The first-order valence-electron chi connectivity index (χ1n) is 3.59. The Morgan fingerprint density at radius 2 is 1.85 bits per heavy atom. The average Bonchev–Trinajstić information content (AvgIpc) is 2.61. The molecule has 0 aromatic heterocycles. The summed E-state index contributed by atoms with van der Waals surface area (Å²) in [5.41, 5.74) is -5.45. The molecule has 1 rings (SSSR count). The predicted octanol–water partition coefficient (Wildman–Crippen LogP) is 1.31. The third-order valence-corrected chi connectivity index (χ3v) is 2.55. The van der Waals surface area contributed by atoms with Gasteiger partial charge >= 0.3 is 11.9 Å². The fourth-order valence-corrected chi connectivity index (χ4v) is 1.33. The van der Waals surface area contributed by atoms with E-state index < -0.39 is 22.2 Å². The van der Waals surface area contributed by atoms with Gasteiger partial charge in [-0.3, -0.25) is 10.1 Å². The molecule has 13 heavy (non-hydrogen) atoms. The maximum atomic E-state index is 12.3. The minimum absolute atomic E-state index is 0.384. The summed E-state index contributed by atoms with van der Waals surface area (Å²) in [5.74, 6) is 0. The van der Waals surface area contributed by atoms with Gasteiger partial charge in [0.05, 0.1) is 4.92 Å². The van der Waals surface area contributed by atoms with Crippen LogP contribution in [0.4, 0.5) is 13.2 Å². The molecule has 1 atom stereocenters. The van der Waals surface area contributed by atoms with Crippen LogP contribution in [0.3, 0.4) is 0 Å². The molecule has 1 aliphatic carbocycles. The van der Waals surface area contributed by atoms with Crippen LogP contribution in [0.25, 0.3) is 0 Å². The molecular weight excluding hydrogens is 191 g/mol. The lowest BCUT2D eigenvalue weighted by atomic mass is 9.93. The van der Waals surface area contributed by atoms with Crippen molar-refractivity contribution in [3.05, 3.63) is 10.1 Å². The van der Waals surface area contributed by atoms with Gasteiger partial charge in [0.15, 0.2) is 5.41 Å². The summed E-state index contributed by atoms with van der Waals surface area (Å²) in [7, 11) is 0. The van der Waals surface area contributed by atoms with Crippen LogP contribution in [-0.4, -0.2) is 21.9 Å². The molecule has 0 aliphatic heterocycles. The Bertz CT molecular complexity index is 244. The van der Waals surface area contributed by atoms with E-state index in [1.807, 2.05) is 0 Å². The molecule has 1 fully saturated rings. The number of aliphatic hydroxyl groups is 1. The SMILES string of the molecule is CC(O)([N+](=O)[O-])C1(C(F)(F)F)CC1. The fraction of sp³-hybridized carbons (Fsp3) is 1.00. The molecule has 0 amide bonds. The van der Waals surface area contributed by atoms with Gasteiger partial charge in [0.25, 0.3) is 0 Å². The second-order valence-electron chi connectivity index (χ2n) is 3.36. The van der Waals surface area contributed by atoms with E-state index >= 15 is 0 Å². The molecule has 1 N–H and O–H groups in total. The Balaban J connectivity index is 3.01. The molecule has 0 spiro atoms. The van der Waals surface area contributed by atoms with Crippen molar-refractivity contribution in [1.29, 1.82) is 0 Å². The minimum atomic E-state index is -4.72. The molecule has 1 unspecified atom stereocenters. The van der Waals surface area contributed by atoms with Crippen molar-refractivity contribution in [2.24, 2.45) is 5.41 Å². The smallest absolute Gasteiger partial charge is 0.330 e. The van der Waals surface area contributed by atoms with Gasteiger partial charge in [-0.15, -0.1) is 0 Å². The largest absolute Gasteiger partial charge is 0.404 e. The number of nitrogens with zero attached hydrogens (tertiary/aromatic N) is 1. The van der Waals surface area contributed by atoms with Crippen molar-refractivity contribution in [3.8, 4) is 0 Å². The van der Waals surface area contributed by atoms with Crippen molar-refractivity contribution >= 4 is 0 Å². The summed E-state index contributed by atoms with van der Waals surface area (Å²) in [6.45, 7) is 0.591. The van der Waals surface area contributed by atoms with E-state index in [1.165, 1.54) is 0 Å². The average molecular weight is 199 g/mol. The number of alkyl halides is 3. The second-order valence-corrected chi connectivity index (χ2v) is 3.36. The quantitative estimate of drug-likeness (QED) is 0.414. The zero-order valence-electron chi connectivity index (χ0n) is 6.76. The van der Waals surface area contributed by atoms with Gasteiger partial charge in [0.1, 0.15) is 0 Å². The van der Waals surface area contributed by atoms with E-state index in [1.54, 1.807) is 0 Å². The lowest BCUT2D eigenvalue weighted by Gasteiger charge is -2.26. The molecule has 4 nitrogen and oxygen atoms in total. The molecule has 0 saturated heterocycles. The van der Waals surface area contributed by atoms with E-state index in [0.717, 1.165) is 0 Å². The third-order valence-electron chi connectivity index (χ3n) is 2.55. The van der Waals surface area contributed by atoms with E-state index in [9.17, 15) is 23.3 Å². The van der Waals surface area contributed by atoms with Crippen LogP contribution >= 0.6 is 0 Å². The molecule has 0 radical (unpaired) electrons. The summed E-state index contributed by atoms with van der Waals surface area (Å²) in [5, 5.41) is 19.3. The van der Waals surface area contributed by atoms with Crippen LogP contribution < -0.4 is 0 Å². The highest BCUT2D eigenvalue weighted by molar-refractivity contribution is 5.06. The maximum Gasteiger partial charge on any atom is 0.404 e.